The Morgan fingerprint density at radius 2 is 1.78 bits per heavy atom. The lowest BCUT2D eigenvalue weighted by molar-refractivity contribution is -0.209. The van der Waals surface area contributed by atoms with Crippen LogP contribution in [0.25, 0.3) is 0 Å². The van der Waals surface area contributed by atoms with E-state index in [1.54, 1.807) is 0 Å². The van der Waals surface area contributed by atoms with Gasteiger partial charge in [-0.15, -0.1) is 0 Å². The van der Waals surface area contributed by atoms with Gasteiger partial charge in [0.2, 0.25) is 0 Å². The van der Waals surface area contributed by atoms with Crippen molar-refractivity contribution in [1.82, 2.24) is 0 Å². The van der Waals surface area contributed by atoms with Gasteiger partial charge in [-0.2, -0.15) is 0 Å². The van der Waals surface area contributed by atoms with E-state index < -0.39 is 11.5 Å². The highest BCUT2D eigenvalue weighted by atomic mass is 16.3. The summed E-state index contributed by atoms with van der Waals surface area (Å²) in [6.45, 7) is 8.74. The molecule has 0 aromatic rings. The Balaban J connectivity index is 1.77. The first-order chi connectivity index (χ1) is 10.8. The molecule has 1 spiro atoms. The largest absolute Gasteiger partial charge is 0.396 e. The minimum absolute atomic E-state index is 0.0178. The van der Waals surface area contributed by atoms with Crippen LogP contribution >= 0.6 is 0 Å². The van der Waals surface area contributed by atoms with Crippen molar-refractivity contribution in [2.24, 2.45) is 34.0 Å². The standard InChI is InChI=1S/C20H32O3/c1-12-13-4-5-15-18(2)8-7-16(22)19(3,11-21)14(18)6-9-20(15,10-13)17(12)23/h13-17,21-23H,1,4-11H2,2-3H3/t13-,14+,15+,16+,17-,18-,19+,20-/m1/s1. The maximum Gasteiger partial charge on any atom is 0.0809 e. The van der Waals surface area contributed by atoms with E-state index in [1.165, 1.54) is 6.42 Å². The lowest BCUT2D eigenvalue weighted by Gasteiger charge is -2.65. The third kappa shape index (κ3) is 1.77. The molecule has 0 aromatic carbocycles. The van der Waals surface area contributed by atoms with Crippen molar-refractivity contribution in [1.29, 1.82) is 0 Å². The fraction of sp³-hybridized carbons (Fsp3) is 0.900. The molecule has 4 fully saturated rings. The lowest BCUT2D eigenvalue weighted by Crippen LogP contribution is -2.62. The average Bonchev–Trinajstić information content (AvgIpc) is 2.72. The van der Waals surface area contributed by atoms with Crippen molar-refractivity contribution in [2.75, 3.05) is 6.61 Å². The van der Waals surface area contributed by atoms with Gasteiger partial charge in [0.25, 0.3) is 0 Å². The summed E-state index contributed by atoms with van der Waals surface area (Å²) in [5, 5.41) is 31.6. The number of hydrogen-bond acceptors (Lipinski definition) is 3. The molecule has 0 unspecified atom stereocenters. The monoisotopic (exact) mass is 320 g/mol. The molecular weight excluding hydrogens is 288 g/mol. The van der Waals surface area contributed by atoms with Gasteiger partial charge in [0.1, 0.15) is 0 Å². The van der Waals surface area contributed by atoms with E-state index in [9.17, 15) is 15.3 Å². The summed E-state index contributed by atoms with van der Waals surface area (Å²) < 4.78 is 0. The maximum atomic E-state index is 11.0. The highest BCUT2D eigenvalue weighted by Gasteiger charge is 2.67. The predicted molar refractivity (Wildman–Crippen MR) is 89.7 cm³/mol. The fourth-order valence-corrected chi connectivity index (χ4v) is 7.61. The van der Waals surface area contributed by atoms with Crippen LogP contribution in [0.15, 0.2) is 12.2 Å². The first kappa shape index (κ1) is 16.1. The van der Waals surface area contributed by atoms with Gasteiger partial charge in [0, 0.05) is 10.8 Å². The molecule has 3 nitrogen and oxygen atoms in total. The minimum atomic E-state index is -0.403. The highest BCUT2D eigenvalue weighted by molar-refractivity contribution is 5.27. The summed E-state index contributed by atoms with van der Waals surface area (Å²) in [5.41, 5.74) is 0.817. The van der Waals surface area contributed by atoms with E-state index in [2.05, 4.69) is 20.4 Å². The molecule has 2 bridgehead atoms. The number of fused-ring (bicyclic) bond motifs is 3. The summed E-state index contributed by atoms with van der Waals surface area (Å²) in [7, 11) is 0. The quantitative estimate of drug-likeness (QED) is 0.651. The van der Waals surface area contributed by atoms with Crippen LogP contribution in [0.4, 0.5) is 0 Å². The Labute approximate surface area is 139 Å². The van der Waals surface area contributed by atoms with Gasteiger partial charge in [0.15, 0.2) is 0 Å². The zero-order valence-corrected chi connectivity index (χ0v) is 14.6. The highest BCUT2D eigenvalue weighted by Crippen LogP contribution is 2.71. The SMILES string of the molecule is C=C1[C@@H]2CC[C@H]3[C@]4(C)CC[C@H](O)[C@@](C)(CO)[C@H]4CC[C@]3(C2)[C@@H]1O. The second-order valence-corrected chi connectivity index (χ2v) is 9.56. The number of aliphatic hydroxyl groups is 3. The molecule has 0 aliphatic heterocycles. The van der Waals surface area contributed by atoms with Gasteiger partial charge >= 0.3 is 0 Å². The predicted octanol–water partition coefficient (Wildman–Crippen LogP) is 2.89. The first-order valence-corrected chi connectivity index (χ1v) is 9.45. The second-order valence-electron chi connectivity index (χ2n) is 9.56. The van der Waals surface area contributed by atoms with Crippen molar-refractivity contribution in [2.45, 2.75) is 71.0 Å². The average molecular weight is 320 g/mol. The molecule has 0 radical (unpaired) electrons. The summed E-state index contributed by atoms with van der Waals surface area (Å²) in [5.74, 6) is 1.36. The molecule has 4 saturated carbocycles. The zero-order valence-electron chi connectivity index (χ0n) is 14.6. The summed E-state index contributed by atoms with van der Waals surface area (Å²) in [4.78, 5) is 0. The fourth-order valence-electron chi connectivity index (χ4n) is 7.61. The third-order valence-electron chi connectivity index (χ3n) is 8.89. The minimum Gasteiger partial charge on any atom is -0.396 e. The Morgan fingerprint density at radius 3 is 2.48 bits per heavy atom. The molecule has 8 atom stereocenters. The topological polar surface area (TPSA) is 60.7 Å². The van der Waals surface area contributed by atoms with Crippen LogP contribution < -0.4 is 0 Å². The van der Waals surface area contributed by atoms with Crippen LogP contribution in [0.1, 0.15) is 58.8 Å². The van der Waals surface area contributed by atoms with Crippen molar-refractivity contribution in [3.8, 4) is 0 Å². The molecule has 4 aliphatic rings. The van der Waals surface area contributed by atoms with Gasteiger partial charge in [-0.05, 0) is 73.7 Å². The molecule has 0 amide bonds. The van der Waals surface area contributed by atoms with E-state index in [1.807, 2.05) is 0 Å². The Morgan fingerprint density at radius 1 is 1.04 bits per heavy atom. The van der Waals surface area contributed by atoms with E-state index in [0.717, 1.165) is 44.1 Å². The van der Waals surface area contributed by atoms with E-state index in [0.29, 0.717) is 17.8 Å². The van der Waals surface area contributed by atoms with Crippen molar-refractivity contribution < 1.29 is 15.3 Å². The van der Waals surface area contributed by atoms with Crippen LogP contribution in [0.5, 0.6) is 0 Å². The van der Waals surface area contributed by atoms with Crippen molar-refractivity contribution in [3.63, 3.8) is 0 Å². The van der Waals surface area contributed by atoms with Crippen LogP contribution in [0.2, 0.25) is 0 Å². The van der Waals surface area contributed by atoms with Crippen molar-refractivity contribution >= 4 is 0 Å². The number of aliphatic hydroxyl groups excluding tert-OH is 3. The van der Waals surface area contributed by atoms with E-state index >= 15 is 0 Å². The van der Waals surface area contributed by atoms with Crippen molar-refractivity contribution in [3.05, 3.63) is 12.2 Å². The molecule has 3 heteroatoms. The Kier molecular flexibility index (Phi) is 3.38. The lowest BCUT2D eigenvalue weighted by atomic mass is 9.40. The zero-order chi connectivity index (χ0) is 16.6. The summed E-state index contributed by atoms with van der Waals surface area (Å²) >= 11 is 0. The van der Waals surface area contributed by atoms with E-state index in [-0.39, 0.29) is 23.5 Å². The third-order valence-corrected chi connectivity index (χ3v) is 8.89. The Hall–Kier alpha value is -0.380. The van der Waals surface area contributed by atoms with Gasteiger partial charge in [-0.3, -0.25) is 0 Å². The van der Waals surface area contributed by atoms with E-state index in [4.69, 9.17) is 0 Å². The molecule has 23 heavy (non-hydrogen) atoms. The molecule has 0 heterocycles. The number of rotatable bonds is 1. The maximum absolute atomic E-state index is 11.0. The summed E-state index contributed by atoms with van der Waals surface area (Å²) in [6.07, 6.45) is 6.52. The number of hydrogen-bond donors (Lipinski definition) is 3. The van der Waals surface area contributed by atoms with Gasteiger partial charge in [0.05, 0.1) is 18.8 Å². The Bertz CT molecular complexity index is 531. The van der Waals surface area contributed by atoms with Crippen LogP contribution in [-0.4, -0.2) is 34.1 Å². The normalized spacial score (nSPS) is 58.7. The molecule has 130 valence electrons. The molecule has 4 aliphatic carbocycles. The second kappa shape index (κ2) is 4.83. The first-order valence-electron chi connectivity index (χ1n) is 9.45. The summed E-state index contributed by atoms with van der Waals surface area (Å²) in [6, 6.07) is 0. The molecule has 4 rings (SSSR count). The smallest absolute Gasteiger partial charge is 0.0809 e. The van der Waals surface area contributed by atoms with Crippen LogP contribution in [-0.2, 0) is 0 Å². The van der Waals surface area contributed by atoms with Crippen LogP contribution in [0.3, 0.4) is 0 Å². The van der Waals surface area contributed by atoms with Gasteiger partial charge < -0.3 is 15.3 Å². The van der Waals surface area contributed by atoms with Gasteiger partial charge in [-0.25, -0.2) is 0 Å². The van der Waals surface area contributed by atoms with Gasteiger partial charge in [-0.1, -0.05) is 20.4 Å². The molecule has 0 saturated heterocycles. The van der Waals surface area contributed by atoms with Crippen LogP contribution in [0, 0.1) is 34.0 Å². The molecule has 3 N–H and O–H groups in total. The molecule has 0 aromatic heterocycles. The molecular formula is C20H32O3.